The van der Waals surface area contributed by atoms with Crippen molar-refractivity contribution in [2.24, 2.45) is 5.41 Å². The van der Waals surface area contributed by atoms with Gasteiger partial charge in [-0.25, -0.2) is 4.98 Å². The van der Waals surface area contributed by atoms with Gasteiger partial charge < -0.3 is 10.0 Å². The van der Waals surface area contributed by atoms with E-state index in [4.69, 9.17) is 11.6 Å². The Morgan fingerprint density at radius 2 is 1.75 bits per heavy atom. The summed E-state index contributed by atoms with van der Waals surface area (Å²) >= 11 is 6.06. The molecule has 1 N–H and O–H groups in total. The molecule has 210 valence electrons. The molecule has 7 nitrogen and oxygen atoms in total. The van der Waals surface area contributed by atoms with E-state index >= 15 is 0 Å². The highest BCUT2D eigenvalue weighted by Crippen LogP contribution is 2.39. The number of anilines is 2. The van der Waals surface area contributed by atoms with Gasteiger partial charge in [-0.1, -0.05) is 29.8 Å². The number of rotatable bonds is 9. The van der Waals surface area contributed by atoms with E-state index in [1.807, 2.05) is 56.3 Å². The van der Waals surface area contributed by atoms with Gasteiger partial charge in [-0.3, -0.25) is 19.3 Å². The zero-order valence-electron chi connectivity index (χ0n) is 23.4. The van der Waals surface area contributed by atoms with E-state index in [0.29, 0.717) is 35.8 Å². The highest BCUT2D eigenvalue weighted by molar-refractivity contribution is 6.30. The number of hydrogen-bond acceptors (Lipinski definition) is 4. The molecule has 2 atom stereocenters. The Balaban J connectivity index is 1.53. The fourth-order valence-corrected chi connectivity index (χ4v) is 5.39. The Kier molecular flexibility index (Phi) is 8.94. The zero-order valence-corrected chi connectivity index (χ0v) is 24.2. The van der Waals surface area contributed by atoms with Crippen molar-refractivity contribution in [3.8, 4) is 0 Å². The van der Waals surface area contributed by atoms with Crippen molar-refractivity contribution < 1.29 is 19.5 Å². The zero-order chi connectivity index (χ0) is 29.0. The molecule has 3 aromatic rings. The van der Waals surface area contributed by atoms with Crippen LogP contribution in [0.1, 0.15) is 74.4 Å². The molecule has 1 aliphatic heterocycles. The minimum atomic E-state index is -0.797. The fourth-order valence-electron chi connectivity index (χ4n) is 5.26. The Hall–Kier alpha value is -3.71. The van der Waals surface area contributed by atoms with Gasteiger partial charge in [0.05, 0.1) is 11.3 Å². The van der Waals surface area contributed by atoms with Crippen molar-refractivity contribution in [3.63, 3.8) is 0 Å². The molecule has 2 heterocycles. The molecule has 0 radical (unpaired) electrons. The molecule has 0 bridgehead atoms. The number of halogens is 1. The molecule has 1 aromatic heterocycles. The second-order valence-electron chi connectivity index (χ2n) is 11.0. The number of amides is 2. The SMILES string of the molecule is CCN(C(=O)[C@H]1C[C@H](C)N(C(=O)c2ccc(CCCC(C)(C)C(=O)O)cc2)c2ncccc21)c1ccc(Cl)cc1. The molecule has 0 saturated carbocycles. The molecular weight excluding hydrogens is 526 g/mol. The second-order valence-corrected chi connectivity index (χ2v) is 11.5. The van der Waals surface area contributed by atoms with Crippen LogP contribution >= 0.6 is 11.6 Å². The smallest absolute Gasteiger partial charge is 0.309 e. The van der Waals surface area contributed by atoms with E-state index in [9.17, 15) is 19.5 Å². The van der Waals surface area contributed by atoms with Gasteiger partial charge in [0.2, 0.25) is 5.91 Å². The van der Waals surface area contributed by atoms with Gasteiger partial charge in [0, 0.05) is 40.6 Å². The van der Waals surface area contributed by atoms with Crippen LogP contribution in [-0.2, 0) is 16.0 Å². The predicted octanol–water partition coefficient (Wildman–Crippen LogP) is 6.74. The summed E-state index contributed by atoms with van der Waals surface area (Å²) in [5, 5.41) is 9.93. The molecule has 8 heteroatoms. The molecular formula is C32H36ClN3O4. The van der Waals surface area contributed by atoms with Crippen LogP contribution in [-0.4, -0.2) is 40.5 Å². The average Bonchev–Trinajstić information content (AvgIpc) is 2.94. The molecule has 2 aromatic carbocycles. The van der Waals surface area contributed by atoms with Crippen molar-refractivity contribution >= 4 is 40.9 Å². The van der Waals surface area contributed by atoms with Crippen molar-refractivity contribution in [1.82, 2.24) is 4.98 Å². The average molecular weight is 562 g/mol. The van der Waals surface area contributed by atoms with Gasteiger partial charge in [-0.2, -0.15) is 0 Å². The monoisotopic (exact) mass is 561 g/mol. The summed E-state index contributed by atoms with van der Waals surface area (Å²) in [5.74, 6) is -0.919. The third-order valence-corrected chi connectivity index (χ3v) is 7.97. The van der Waals surface area contributed by atoms with Crippen molar-refractivity contribution in [2.75, 3.05) is 16.3 Å². The van der Waals surface area contributed by atoms with Crippen LogP contribution < -0.4 is 9.80 Å². The molecule has 0 spiro atoms. The van der Waals surface area contributed by atoms with Gasteiger partial charge in [-0.05, 0) is 101 Å². The highest BCUT2D eigenvalue weighted by Gasteiger charge is 2.39. The maximum atomic E-state index is 13.8. The maximum absolute atomic E-state index is 13.8. The fraction of sp³-hybridized carbons (Fsp3) is 0.375. The second kappa shape index (κ2) is 12.2. The summed E-state index contributed by atoms with van der Waals surface area (Å²) in [6, 6.07) is 18.1. The van der Waals surface area contributed by atoms with E-state index in [0.717, 1.165) is 29.7 Å². The first kappa shape index (κ1) is 29.3. The molecule has 40 heavy (non-hydrogen) atoms. The first-order valence-corrected chi connectivity index (χ1v) is 14.1. The van der Waals surface area contributed by atoms with E-state index in [1.54, 1.807) is 48.0 Å². The lowest BCUT2D eigenvalue weighted by Crippen LogP contribution is -2.47. The number of carboxylic acid groups (broad SMARTS) is 1. The number of likely N-dealkylation sites (N-methyl/N-ethyl adjacent to an activating group) is 1. The van der Waals surface area contributed by atoms with Crippen LogP contribution in [0.4, 0.5) is 11.5 Å². The first-order valence-electron chi connectivity index (χ1n) is 13.7. The topological polar surface area (TPSA) is 90.8 Å². The first-order chi connectivity index (χ1) is 19.0. The lowest BCUT2D eigenvalue weighted by atomic mass is 9.86. The van der Waals surface area contributed by atoms with E-state index in [-0.39, 0.29) is 17.9 Å². The number of carboxylic acids is 1. The van der Waals surface area contributed by atoms with Gasteiger partial charge in [0.25, 0.3) is 5.91 Å². The third kappa shape index (κ3) is 6.20. The standard InChI is InChI=1S/C32H36ClN3O4/c1-5-35(25-16-14-24(33)15-17-25)30(38)27-20-21(2)36(28-26(27)9-7-19-34-28)29(37)23-12-10-22(11-13-23)8-6-18-32(3,4)31(39)40/h7,9-17,19,21,27H,5-6,8,18,20H2,1-4H3,(H,39,40)/t21-,27-/m0/s1. The van der Waals surface area contributed by atoms with Crippen LogP contribution in [0.2, 0.25) is 5.02 Å². The van der Waals surface area contributed by atoms with Crippen molar-refractivity contribution in [2.45, 2.75) is 65.3 Å². The van der Waals surface area contributed by atoms with Crippen LogP contribution in [0, 0.1) is 5.41 Å². The number of benzene rings is 2. The van der Waals surface area contributed by atoms with E-state index in [1.165, 1.54) is 0 Å². The number of hydrogen-bond donors (Lipinski definition) is 1. The lowest BCUT2D eigenvalue weighted by molar-refractivity contribution is -0.147. The van der Waals surface area contributed by atoms with Crippen molar-refractivity contribution in [3.05, 3.63) is 88.6 Å². The molecule has 0 aliphatic carbocycles. The summed E-state index contributed by atoms with van der Waals surface area (Å²) in [4.78, 5) is 46.9. The number of aromatic nitrogens is 1. The number of fused-ring (bicyclic) bond motifs is 1. The van der Waals surface area contributed by atoms with Gasteiger partial charge >= 0.3 is 5.97 Å². The predicted molar refractivity (Wildman–Crippen MR) is 158 cm³/mol. The van der Waals surface area contributed by atoms with Crippen molar-refractivity contribution in [1.29, 1.82) is 0 Å². The summed E-state index contributed by atoms with van der Waals surface area (Å²) in [7, 11) is 0. The van der Waals surface area contributed by atoms with Gasteiger partial charge in [-0.15, -0.1) is 0 Å². The maximum Gasteiger partial charge on any atom is 0.309 e. The van der Waals surface area contributed by atoms with Gasteiger partial charge in [0.1, 0.15) is 5.82 Å². The minimum Gasteiger partial charge on any atom is -0.481 e. The molecule has 1 aliphatic rings. The Bertz CT molecular complexity index is 1370. The summed E-state index contributed by atoms with van der Waals surface area (Å²) in [5.41, 5.74) is 2.35. The Morgan fingerprint density at radius 1 is 1.07 bits per heavy atom. The third-order valence-electron chi connectivity index (χ3n) is 7.72. The van der Waals surface area contributed by atoms with Crippen LogP contribution in [0.25, 0.3) is 0 Å². The van der Waals surface area contributed by atoms with Crippen LogP contribution in [0.5, 0.6) is 0 Å². The number of aryl methyl sites for hydroxylation is 1. The molecule has 2 amide bonds. The molecule has 0 fully saturated rings. The number of carbonyl (C=O) groups is 3. The molecule has 4 rings (SSSR count). The molecule has 0 unspecified atom stereocenters. The van der Waals surface area contributed by atoms with Crippen LogP contribution in [0.3, 0.4) is 0 Å². The highest BCUT2D eigenvalue weighted by atomic mass is 35.5. The summed E-state index contributed by atoms with van der Waals surface area (Å²) in [6.45, 7) is 7.86. The number of aliphatic carboxylic acids is 1. The molecule has 0 saturated heterocycles. The van der Waals surface area contributed by atoms with E-state index < -0.39 is 17.3 Å². The normalized spacial score (nSPS) is 16.8. The number of pyridine rings is 1. The number of carbonyl (C=O) groups excluding carboxylic acids is 2. The Morgan fingerprint density at radius 3 is 2.38 bits per heavy atom. The lowest BCUT2D eigenvalue weighted by Gasteiger charge is -2.39. The quantitative estimate of drug-likeness (QED) is 0.312. The minimum absolute atomic E-state index is 0.0338. The largest absolute Gasteiger partial charge is 0.481 e. The number of nitrogens with zero attached hydrogens (tertiary/aromatic N) is 3. The Labute approximate surface area is 240 Å². The van der Waals surface area contributed by atoms with E-state index in [2.05, 4.69) is 4.98 Å². The summed E-state index contributed by atoms with van der Waals surface area (Å²) < 4.78 is 0. The van der Waals surface area contributed by atoms with Gasteiger partial charge in [0.15, 0.2) is 0 Å². The van der Waals surface area contributed by atoms with Crippen LogP contribution in [0.15, 0.2) is 66.9 Å². The summed E-state index contributed by atoms with van der Waals surface area (Å²) in [6.07, 6.45) is 4.18.